The maximum atomic E-state index is 12.4. The standard InChI is InChI=1S/C20H30N2O2/c1-15-3-7-18(8-4-15)22-12-11-16(14-22)13-21-20(23)17-5-9-19(24-2)10-6-17/h3-4,7-8,16-17,19H,5-6,9-14H2,1-2H3,(H,21,23). The quantitative estimate of drug-likeness (QED) is 0.902. The number of rotatable bonds is 5. The maximum Gasteiger partial charge on any atom is 0.223 e. The molecule has 1 amide bonds. The second kappa shape index (κ2) is 8.02. The fourth-order valence-corrected chi connectivity index (χ4v) is 3.94. The number of nitrogens with zero attached hydrogens (tertiary/aromatic N) is 1. The topological polar surface area (TPSA) is 41.6 Å². The fraction of sp³-hybridized carbons (Fsp3) is 0.650. The van der Waals surface area contributed by atoms with Gasteiger partial charge in [-0.3, -0.25) is 4.79 Å². The van der Waals surface area contributed by atoms with Gasteiger partial charge in [-0.1, -0.05) is 17.7 Å². The number of hydrogen-bond donors (Lipinski definition) is 1. The third kappa shape index (κ3) is 4.29. The molecule has 0 spiro atoms. The summed E-state index contributed by atoms with van der Waals surface area (Å²) in [4.78, 5) is 14.8. The van der Waals surface area contributed by atoms with Gasteiger partial charge in [-0.2, -0.15) is 0 Å². The number of carbonyl (C=O) groups excluding carboxylic acids is 1. The molecule has 0 radical (unpaired) electrons. The minimum Gasteiger partial charge on any atom is -0.381 e. The van der Waals surface area contributed by atoms with Crippen LogP contribution in [0.1, 0.15) is 37.7 Å². The number of methoxy groups -OCH3 is 1. The molecule has 1 saturated carbocycles. The number of nitrogens with one attached hydrogen (secondary N) is 1. The number of ether oxygens (including phenoxy) is 1. The molecule has 1 aliphatic carbocycles. The Labute approximate surface area is 145 Å². The van der Waals surface area contributed by atoms with Crippen molar-refractivity contribution in [3.8, 4) is 0 Å². The zero-order valence-corrected chi connectivity index (χ0v) is 15.0. The fourth-order valence-electron chi connectivity index (χ4n) is 3.94. The number of hydrogen-bond acceptors (Lipinski definition) is 3. The summed E-state index contributed by atoms with van der Waals surface area (Å²) in [6.45, 7) is 5.06. The molecule has 1 aromatic carbocycles. The lowest BCUT2D eigenvalue weighted by molar-refractivity contribution is -0.126. The Hall–Kier alpha value is -1.55. The van der Waals surface area contributed by atoms with Gasteiger partial charge in [-0.25, -0.2) is 0 Å². The first kappa shape index (κ1) is 17.3. The van der Waals surface area contributed by atoms with Gasteiger partial charge in [0.05, 0.1) is 6.10 Å². The average Bonchev–Trinajstić information content (AvgIpc) is 3.09. The highest BCUT2D eigenvalue weighted by atomic mass is 16.5. The van der Waals surface area contributed by atoms with Crippen LogP contribution in [0.15, 0.2) is 24.3 Å². The Morgan fingerprint density at radius 1 is 1.17 bits per heavy atom. The lowest BCUT2D eigenvalue weighted by Gasteiger charge is -2.27. The number of benzene rings is 1. The van der Waals surface area contributed by atoms with Crippen molar-refractivity contribution in [3.63, 3.8) is 0 Å². The van der Waals surface area contributed by atoms with Gasteiger partial charge < -0.3 is 15.0 Å². The van der Waals surface area contributed by atoms with E-state index in [2.05, 4.69) is 41.4 Å². The van der Waals surface area contributed by atoms with Gasteiger partial charge in [-0.05, 0) is 57.1 Å². The van der Waals surface area contributed by atoms with E-state index in [1.807, 2.05) is 0 Å². The predicted octanol–water partition coefficient (Wildman–Crippen LogP) is 3.14. The summed E-state index contributed by atoms with van der Waals surface area (Å²) in [6.07, 6.45) is 5.46. The zero-order chi connectivity index (χ0) is 16.9. The Kier molecular flexibility index (Phi) is 5.77. The van der Waals surface area contributed by atoms with E-state index in [0.717, 1.165) is 51.7 Å². The summed E-state index contributed by atoms with van der Waals surface area (Å²) < 4.78 is 5.38. The first-order valence-corrected chi connectivity index (χ1v) is 9.28. The number of amides is 1. The van der Waals surface area contributed by atoms with Crippen LogP contribution in [-0.4, -0.2) is 38.8 Å². The molecular formula is C20H30N2O2. The third-order valence-electron chi connectivity index (χ3n) is 5.63. The van der Waals surface area contributed by atoms with Crippen molar-refractivity contribution in [2.24, 2.45) is 11.8 Å². The molecular weight excluding hydrogens is 300 g/mol. The Morgan fingerprint density at radius 3 is 2.54 bits per heavy atom. The predicted molar refractivity (Wildman–Crippen MR) is 97.3 cm³/mol. The summed E-state index contributed by atoms with van der Waals surface area (Å²) in [5.74, 6) is 0.995. The molecule has 0 aromatic heterocycles. The van der Waals surface area contributed by atoms with Gasteiger partial charge in [0.1, 0.15) is 0 Å². The molecule has 0 bridgehead atoms. The SMILES string of the molecule is COC1CCC(C(=O)NCC2CCN(c3ccc(C)cc3)C2)CC1. The molecule has 2 fully saturated rings. The lowest BCUT2D eigenvalue weighted by atomic mass is 9.86. The van der Waals surface area contributed by atoms with E-state index >= 15 is 0 Å². The van der Waals surface area contributed by atoms with Crippen LogP contribution < -0.4 is 10.2 Å². The number of carbonyl (C=O) groups is 1. The minimum absolute atomic E-state index is 0.186. The average molecular weight is 330 g/mol. The Morgan fingerprint density at radius 2 is 1.88 bits per heavy atom. The van der Waals surface area contributed by atoms with Crippen molar-refractivity contribution in [1.82, 2.24) is 5.32 Å². The van der Waals surface area contributed by atoms with E-state index in [1.54, 1.807) is 7.11 Å². The normalized spacial score (nSPS) is 27.2. The van der Waals surface area contributed by atoms with Gasteiger partial charge in [-0.15, -0.1) is 0 Å². The van der Waals surface area contributed by atoms with E-state index in [1.165, 1.54) is 11.3 Å². The summed E-state index contributed by atoms with van der Waals surface area (Å²) in [5, 5.41) is 3.20. The van der Waals surface area contributed by atoms with Crippen LogP contribution in [-0.2, 0) is 9.53 Å². The molecule has 1 aromatic rings. The summed E-state index contributed by atoms with van der Waals surface area (Å²) >= 11 is 0. The van der Waals surface area contributed by atoms with Gasteiger partial charge in [0, 0.05) is 38.3 Å². The molecule has 1 unspecified atom stereocenters. The lowest BCUT2D eigenvalue weighted by Crippen LogP contribution is -2.37. The van der Waals surface area contributed by atoms with Crippen molar-refractivity contribution in [1.29, 1.82) is 0 Å². The van der Waals surface area contributed by atoms with Gasteiger partial charge in [0.25, 0.3) is 0 Å². The number of aryl methyl sites for hydroxylation is 1. The highest BCUT2D eigenvalue weighted by Gasteiger charge is 2.28. The van der Waals surface area contributed by atoms with E-state index in [4.69, 9.17) is 4.74 Å². The van der Waals surface area contributed by atoms with Gasteiger partial charge >= 0.3 is 0 Å². The number of anilines is 1. The monoisotopic (exact) mass is 330 g/mol. The molecule has 1 N–H and O–H groups in total. The van der Waals surface area contributed by atoms with Crippen LogP contribution in [0.2, 0.25) is 0 Å². The molecule has 24 heavy (non-hydrogen) atoms. The van der Waals surface area contributed by atoms with E-state index in [-0.39, 0.29) is 11.8 Å². The third-order valence-corrected chi connectivity index (χ3v) is 5.63. The van der Waals surface area contributed by atoms with Crippen LogP contribution in [0.5, 0.6) is 0 Å². The van der Waals surface area contributed by atoms with Gasteiger partial charge in [0.2, 0.25) is 5.91 Å². The molecule has 1 aliphatic heterocycles. The largest absolute Gasteiger partial charge is 0.381 e. The molecule has 4 heteroatoms. The highest BCUT2D eigenvalue weighted by Crippen LogP contribution is 2.27. The first-order valence-electron chi connectivity index (χ1n) is 9.28. The molecule has 2 aliphatic rings. The highest BCUT2D eigenvalue weighted by molar-refractivity contribution is 5.78. The second-order valence-corrected chi connectivity index (χ2v) is 7.39. The van der Waals surface area contributed by atoms with Crippen LogP contribution in [0.3, 0.4) is 0 Å². The van der Waals surface area contributed by atoms with Crippen molar-refractivity contribution >= 4 is 11.6 Å². The van der Waals surface area contributed by atoms with E-state index in [9.17, 15) is 4.79 Å². The zero-order valence-electron chi connectivity index (χ0n) is 15.0. The van der Waals surface area contributed by atoms with Gasteiger partial charge in [0.15, 0.2) is 0 Å². The van der Waals surface area contributed by atoms with Crippen LogP contribution >= 0.6 is 0 Å². The van der Waals surface area contributed by atoms with Crippen molar-refractivity contribution in [2.75, 3.05) is 31.6 Å². The minimum atomic E-state index is 0.186. The van der Waals surface area contributed by atoms with E-state index in [0.29, 0.717) is 12.0 Å². The molecule has 3 rings (SSSR count). The molecule has 1 heterocycles. The Balaban J connectivity index is 1.41. The van der Waals surface area contributed by atoms with Crippen LogP contribution in [0, 0.1) is 18.8 Å². The maximum absolute atomic E-state index is 12.4. The first-order chi connectivity index (χ1) is 11.7. The smallest absolute Gasteiger partial charge is 0.223 e. The molecule has 4 nitrogen and oxygen atoms in total. The summed E-state index contributed by atoms with van der Waals surface area (Å²) in [7, 11) is 1.77. The molecule has 132 valence electrons. The second-order valence-electron chi connectivity index (χ2n) is 7.39. The van der Waals surface area contributed by atoms with Crippen LogP contribution in [0.4, 0.5) is 5.69 Å². The van der Waals surface area contributed by atoms with E-state index < -0.39 is 0 Å². The molecule has 1 atom stereocenters. The summed E-state index contributed by atoms with van der Waals surface area (Å²) in [6, 6.07) is 8.73. The molecule has 1 saturated heterocycles. The van der Waals surface area contributed by atoms with Crippen molar-refractivity contribution < 1.29 is 9.53 Å². The van der Waals surface area contributed by atoms with Crippen molar-refractivity contribution in [2.45, 2.75) is 45.1 Å². The summed E-state index contributed by atoms with van der Waals surface area (Å²) in [5.41, 5.74) is 2.59. The van der Waals surface area contributed by atoms with Crippen LogP contribution in [0.25, 0.3) is 0 Å². The Bertz CT molecular complexity index is 535. The van der Waals surface area contributed by atoms with Crippen molar-refractivity contribution in [3.05, 3.63) is 29.8 Å².